The summed E-state index contributed by atoms with van der Waals surface area (Å²) in [6.07, 6.45) is 3.61. The van der Waals surface area contributed by atoms with Gasteiger partial charge in [0.25, 0.3) is 5.56 Å². The van der Waals surface area contributed by atoms with Gasteiger partial charge in [-0.15, -0.1) is 0 Å². The lowest BCUT2D eigenvalue weighted by Crippen LogP contribution is -2.52. The normalized spacial score (nSPS) is 17.8. The molecule has 9 heteroatoms. The molecule has 2 aliphatic rings. The maximum Gasteiger partial charge on any atom is 0.261 e. The summed E-state index contributed by atoms with van der Waals surface area (Å²) in [7, 11) is 0. The van der Waals surface area contributed by atoms with Crippen molar-refractivity contribution in [3.63, 3.8) is 0 Å². The predicted molar refractivity (Wildman–Crippen MR) is 113 cm³/mol. The Kier molecular flexibility index (Phi) is 5.96. The monoisotopic (exact) mass is 461 g/mol. The molecule has 0 unspecified atom stereocenters. The third-order valence-electron chi connectivity index (χ3n) is 5.63. The number of carbonyl (C=O) groups excluding carboxylic acids is 2. The molecule has 154 valence electrons. The van der Waals surface area contributed by atoms with Crippen molar-refractivity contribution < 1.29 is 9.59 Å². The van der Waals surface area contributed by atoms with E-state index in [2.05, 4.69) is 25.8 Å². The van der Waals surface area contributed by atoms with Crippen LogP contribution in [0.1, 0.15) is 12.8 Å². The number of fused-ring (bicyclic) bond motifs is 1. The Balaban J connectivity index is 1.34. The number of piperazine rings is 1. The highest BCUT2D eigenvalue weighted by atomic mass is 79.9. The van der Waals surface area contributed by atoms with Crippen LogP contribution in [0.25, 0.3) is 10.9 Å². The Morgan fingerprint density at radius 2 is 1.59 bits per heavy atom. The fourth-order valence-corrected chi connectivity index (χ4v) is 4.26. The molecule has 0 atom stereocenters. The first-order chi connectivity index (χ1) is 14.0. The summed E-state index contributed by atoms with van der Waals surface area (Å²) >= 11 is 3.37. The summed E-state index contributed by atoms with van der Waals surface area (Å²) in [6.45, 7) is 4.59. The van der Waals surface area contributed by atoms with Gasteiger partial charge in [0, 0.05) is 43.7 Å². The van der Waals surface area contributed by atoms with Gasteiger partial charge >= 0.3 is 0 Å². The third-order valence-corrected chi connectivity index (χ3v) is 6.13. The van der Waals surface area contributed by atoms with Gasteiger partial charge in [-0.3, -0.25) is 23.9 Å². The fourth-order valence-electron chi connectivity index (χ4n) is 3.90. The van der Waals surface area contributed by atoms with E-state index in [0.717, 1.165) is 30.4 Å². The van der Waals surface area contributed by atoms with Crippen molar-refractivity contribution in [3.05, 3.63) is 39.4 Å². The molecule has 0 radical (unpaired) electrons. The highest BCUT2D eigenvalue weighted by Gasteiger charge is 2.25. The zero-order valence-corrected chi connectivity index (χ0v) is 17.8. The molecule has 8 nitrogen and oxygen atoms in total. The van der Waals surface area contributed by atoms with E-state index in [1.165, 1.54) is 10.9 Å². The molecule has 0 saturated carbocycles. The van der Waals surface area contributed by atoms with Crippen molar-refractivity contribution >= 4 is 38.6 Å². The molecule has 1 aromatic heterocycles. The molecule has 2 fully saturated rings. The van der Waals surface area contributed by atoms with E-state index in [1.54, 1.807) is 17.0 Å². The molecular formula is C20H24BrN5O3. The molecule has 1 aromatic carbocycles. The SMILES string of the molecule is O=C(CN1CCN(C(=O)Cn2cnc3ccc(Br)cc3c2=O)CC1)N1CCCC1. The first-order valence-corrected chi connectivity index (χ1v) is 10.7. The topological polar surface area (TPSA) is 78.8 Å². The standard InChI is InChI=1S/C20H24BrN5O3/c21-15-3-4-17-16(11-15)20(29)26(14-22-17)13-19(28)25-9-7-23(8-10-25)12-18(27)24-5-1-2-6-24/h3-4,11,14H,1-2,5-10,12-13H2. The van der Waals surface area contributed by atoms with Crippen molar-refractivity contribution in [1.29, 1.82) is 0 Å². The number of halogens is 1. The fraction of sp³-hybridized carbons (Fsp3) is 0.500. The molecule has 4 rings (SSSR count). The van der Waals surface area contributed by atoms with E-state index in [4.69, 9.17) is 0 Å². The molecule has 2 amide bonds. The second kappa shape index (κ2) is 8.62. The van der Waals surface area contributed by atoms with Crippen LogP contribution >= 0.6 is 15.9 Å². The first kappa shape index (κ1) is 20.0. The largest absolute Gasteiger partial charge is 0.342 e. The first-order valence-electron chi connectivity index (χ1n) is 9.94. The maximum atomic E-state index is 12.7. The summed E-state index contributed by atoms with van der Waals surface area (Å²) in [5, 5.41) is 0.486. The van der Waals surface area contributed by atoms with Crippen LogP contribution < -0.4 is 5.56 Å². The van der Waals surface area contributed by atoms with Gasteiger partial charge in [-0.2, -0.15) is 0 Å². The number of benzene rings is 1. The van der Waals surface area contributed by atoms with E-state index in [9.17, 15) is 14.4 Å². The van der Waals surface area contributed by atoms with Crippen molar-refractivity contribution in [2.45, 2.75) is 19.4 Å². The Hall–Kier alpha value is -2.26. The van der Waals surface area contributed by atoms with Crippen LogP contribution in [0.2, 0.25) is 0 Å². The van der Waals surface area contributed by atoms with E-state index in [0.29, 0.717) is 43.6 Å². The number of amides is 2. The average molecular weight is 462 g/mol. The molecular weight excluding hydrogens is 438 g/mol. The number of rotatable bonds is 4. The Bertz CT molecular complexity index is 978. The van der Waals surface area contributed by atoms with E-state index in [1.807, 2.05) is 11.0 Å². The smallest absolute Gasteiger partial charge is 0.261 e. The second-order valence-corrected chi connectivity index (χ2v) is 8.50. The Labute approximate surface area is 177 Å². The van der Waals surface area contributed by atoms with Gasteiger partial charge in [0.2, 0.25) is 11.8 Å². The number of carbonyl (C=O) groups is 2. The zero-order chi connectivity index (χ0) is 20.4. The van der Waals surface area contributed by atoms with Crippen molar-refractivity contribution in [2.75, 3.05) is 45.8 Å². The number of aromatic nitrogens is 2. The summed E-state index contributed by atoms with van der Waals surface area (Å²) in [5.74, 6) is 0.0796. The van der Waals surface area contributed by atoms with Gasteiger partial charge in [-0.1, -0.05) is 15.9 Å². The van der Waals surface area contributed by atoms with Gasteiger partial charge in [-0.05, 0) is 31.0 Å². The van der Waals surface area contributed by atoms with Crippen LogP contribution in [0.5, 0.6) is 0 Å². The maximum absolute atomic E-state index is 12.7. The van der Waals surface area contributed by atoms with Gasteiger partial charge in [0.1, 0.15) is 6.54 Å². The molecule has 2 aliphatic heterocycles. The third kappa shape index (κ3) is 4.51. The lowest BCUT2D eigenvalue weighted by molar-refractivity contribution is -0.135. The van der Waals surface area contributed by atoms with Crippen molar-refractivity contribution in [1.82, 2.24) is 24.3 Å². The second-order valence-electron chi connectivity index (χ2n) is 7.58. The zero-order valence-electron chi connectivity index (χ0n) is 16.2. The molecule has 0 spiro atoms. The van der Waals surface area contributed by atoms with Crippen molar-refractivity contribution in [3.8, 4) is 0 Å². The summed E-state index contributed by atoms with van der Waals surface area (Å²) in [4.78, 5) is 47.7. The highest BCUT2D eigenvalue weighted by molar-refractivity contribution is 9.10. The minimum atomic E-state index is -0.223. The van der Waals surface area contributed by atoms with E-state index >= 15 is 0 Å². The van der Waals surface area contributed by atoms with Crippen LogP contribution in [0.4, 0.5) is 0 Å². The number of likely N-dealkylation sites (tertiary alicyclic amines) is 1. The Morgan fingerprint density at radius 3 is 2.31 bits per heavy atom. The molecule has 2 aromatic rings. The number of nitrogens with zero attached hydrogens (tertiary/aromatic N) is 5. The highest BCUT2D eigenvalue weighted by Crippen LogP contribution is 2.15. The van der Waals surface area contributed by atoms with E-state index in [-0.39, 0.29) is 23.9 Å². The average Bonchev–Trinajstić information content (AvgIpc) is 3.26. The summed E-state index contributed by atoms with van der Waals surface area (Å²) in [5.41, 5.74) is 0.387. The lowest BCUT2D eigenvalue weighted by atomic mass is 10.2. The number of hydrogen-bond acceptors (Lipinski definition) is 5. The van der Waals surface area contributed by atoms with Crippen molar-refractivity contribution in [2.24, 2.45) is 0 Å². The minimum absolute atomic E-state index is 0.0268. The summed E-state index contributed by atoms with van der Waals surface area (Å²) < 4.78 is 2.16. The molecule has 0 bridgehead atoms. The predicted octanol–water partition coefficient (Wildman–Crippen LogP) is 0.926. The van der Waals surface area contributed by atoms with Crippen LogP contribution in [0, 0.1) is 0 Å². The molecule has 2 saturated heterocycles. The quantitative estimate of drug-likeness (QED) is 0.676. The lowest BCUT2D eigenvalue weighted by Gasteiger charge is -2.35. The molecule has 0 aliphatic carbocycles. The number of hydrogen-bond donors (Lipinski definition) is 0. The summed E-state index contributed by atoms with van der Waals surface area (Å²) in [6, 6.07) is 5.33. The van der Waals surface area contributed by atoms with Gasteiger partial charge in [0.15, 0.2) is 0 Å². The van der Waals surface area contributed by atoms with Gasteiger partial charge in [-0.25, -0.2) is 4.98 Å². The molecule has 29 heavy (non-hydrogen) atoms. The van der Waals surface area contributed by atoms with E-state index < -0.39 is 0 Å². The molecule has 0 N–H and O–H groups in total. The van der Waals surface area contributed by atoms with Gasteiger partial charge in [0.05, 0.1) is 23.8 Å². The minimum Gasteiger partial charge on any atom is -0.342 e. The van der Waals surface area contributed by atoms with Crippen LogP contribution in [-0.4, -0.2) is 81.9 Å². The van der Waals surface area contributed by atoms with Crippen LogP contribution in [0.3, 0.4) is 0 Å². The van der Waals surface area contributed by atoms with Gasteiger partial charge < -0.3 is 9.80 Å². The molecule has 3 heterocycles. The Morgan fingerprint density at radius 1 is 0.931 bits per heavy atom. The van der Waals surface area contributed by atoms with Crippen LogP contribution in [0.15, 0.2) is 33.8 Å². The van der Waals surface area contributed by atoms with Crippen LogP contribution in [-0.2, 0) is 16.1 Å².